The molecule has 1 aromatic rings. The van der Waals surface area contributed by atoms with Gasteiger partial charge in [0.15, 0.2) is 6.20 Å². The average molecular weight is 273 g/mol. The second-order valence-corrected chi connectivity index (χ2v) is 7.10. The van der Waals surface area contributed by atoms with E-state index in [0.717, 1.165) is 24.0 Å². The molecule has 0 atom stereocenters. The lowest BCUT2D eigenvalue weighted by atomic mass is 9.48. The molecule has 4 saturated carbocycles. The highest BCUT2D eigenvalue weighted by Gasteiger charge is 2.56. The molecule has 4 bridgehead atoms. The Hall–Kier alpha value is -1.58. The van der Waals surface area contributed by atoms with Crippen LogP contribution in [0.15, 0.2) is 18.3 Å². The largest absolute Gasteiger partial charge is 0.618 e. The summed E-state index contributed by atoms with van der Waals surface area (Å²) in [7, 11) is 0. The van der Waals surface area contributed by atoms with Gasteiger partial charge in [-0.3, -0.25) is 0 Å². The lowest BCUT2D eigenvalue weighted by Crippen LogP contribution is -2.54. The van der Waals surface area contributed by atoms with E-state index >= 15 is 0 Å². The minimum Gasteiger partial charge on any atom is -0.618 e. The molecule has 0 aromatic carbocycles. The van der Waals surface area contributed by atoms with Gasteiger partial charge >= 0.3 is 5.97 Å². The summed E-state index contributed by atoms with van der Waals surface area (Å²) in [5.74, 6) is 1.12. The first-order valence-corrected chi connectivity index (χ1v) is 7.53. The van der Waals surface area contributed by atoms with Crippen molar-refractivity contribution in [3.05, 3.63) is 34.8 Å². The standard InChI is InChI=1S/C16H19NO3/c18-15(19)13-2-1-3-17(20)14(13)16-7-10-4-11(8-16)6-12(5-10)9-16/h1-3,10-12H,4-9H2,(H,18,19). The molecule has 0 aliphatic heterocycles. The first kappa shape index (κ1) is 12.2. The van der Waals surface area contributed by atoms with Crippen LogP contribution in [-0.2, 0) is 5.41 Å². The van der Waals surface area contributed by atoms with Crippen LogP contribution < -0.4 is 4.73 Å². The van der Waals surface area contributed by atoms with Crippen LogP contribution in [-0.4, -0.2) is 11.1 Å². The molecule has 5 rings (SSSR count). The van der Waals surface area contributed by atoms with E-state index in [0.29, 0.717) is 23.4 Å². The molecule has 4 aliphatic rings. The minimum atomic E-state index is -0.971. The Labute approximate surface area is 118 Å². The van der Waals surface area contributed by atoms with Crippen molar-refractivity contribution in [3.8, 4) is 0 Å². The Morgan fingerprint density at radius 3 is 2.25 bits per heavy atom. The van der Waals surface area contributed by atoms with E-state index in [1.165, 1.54) is 25.5 Å². The van der Waals surface area contributed by atoms with Crippen molar-refractivity contribution in [2.45, 2.75) is 43.9 Å². The van der Waals surface area contributed by atoms with Crippen LogP contribution in [0.1, 0.15) is 54.6 Å². The molecular formula is C16H19NO3. The van der Waals surface area contributed by atoms with E-state index in [9.17, 15) is 15.1 Å². The number of hydrogen-bond acceptors (Lipinski definition) is 2. The molecule has 0 spiro atoms. The summed E-state index contributed by atoms with van der Waals surface area (Å²) in [6, 6.07) is 3.13. The maximum absolute atomic E-state index is 12.3. The van der Waals surface area contributed by atoms with Crippen molar-refractivity contribution < 1.29 is 14.6 Å². The van der Waals surface area contributed by atoms with Gasteiger partial charge in [-0.2, -0.15) is 4.73 Å². The summed E-state index contributed by atoms with van der Waals surface area (Å²) in [6.07, 6.45) is 8.33. The van der Waals surface area contributed by atoms with Crippen LogP contribution in [0.5, 0.6) is 0 Å². The molecule has 4 fully saturated rings. The quantitative estimate of drug-likeness (QED) is 0.665. The van der Waals surface area contributed by atoms with Gasteiger partial charge < -0.3 is 10.3 Å². The Morgan fingerprint density at radius 1 is 1.20 bits per heavy atom. The SMILES string of the molecule is O=C(O)c1ccc[n+]([O-])c1C12CC3CC(CC(C3)C1)C2. The molecule has 106 valence electrons. The third kappa shape index (κ3) is 1.60. The van der Waals surface area contributed by atoms with Gasteiger partial charge in [0.05, 0.1) is 5.41 Å². The highest BCUT2D eigenvalue weighted by atomic mass is 16.5. The third-order valence-corrected chi connectivity index (χ3v) is 5.73. The predicted octanol–water partition coefficient (Wildman–Crippen LogP) is 2.49. The topological polar surface area (TPSA) is 64.2 Å². The summed E-state index contributed by atoms with van der Waals surface area (Å²) >= 11 is 0. The zero-order valence-electron chi connectivity index (χ0n) is 11.4. The molecule has 0 saturated heterocycles. The zero-order valence-corrected chi connectivity index (χ0v) is 11.4. The fourth-order valence-electron chi connectivity index (χ4n) is 5.58. The summed E-state index contributed by atoms with van der Waals surface area (Å²) in [5.41, 5.74) is 0.571. The van der Waals surface area contributed by atoms with Crippen molar-refractivity contribution in [2.75, 3.05) is 0 Å². The molecule has 0 amide bonds. The first-order chi connectivity index (χ1) is 9.57. The third-order valence-electron chi connectivity index (χ3n) is 5.73. The molecule has 4 heteroatoms. The lowest BCUT2D eigenvalue weighted by Gasteiger charge is -2.55. The number of carboxylic acids is 1. The second-order valence-electron chi connectivity index (χ2n) is 7.10. The summed E-state index contributed by atoms with van der Waals surface area (Å²) in [6.45, 7) is 0. The van der Waals surface area contributed by atoms with E-state index in [-0.39, 0.29) is 11.0 Å². The van der Waals surface area contributed by atoms with Gasteiger partial charge in [-0.25, -0.2) is 4.79 Å². The van der Waals surface area contributed by atoms with Gasteiger partial charge in [0.1, 0.15) is 5.56 Å². The highest BCUT2D eigenvalue weighted by molar-refractivity contribution is 5.88. The van der Waals surface area contributed by atoms with E-state index in [4.69, 9.17) is 0 Å². The predicted molar refractivity (Wildman–Crippen MR) is 72.2 cm³/mol. The van der Waals surface area contributed by atoms with Crippen LogP contribution in [0.2, 0.25) is 0 Å². The smallest absolute Gasteiger partial charge is 0.342 e. The molecule has 0 unspecified atom stereocenters. The highest BCUT2D eigenvalue weighted by Crippen LogP contribution is 2.60. The second kappa shape index (κ2) is 3.96. The number of aromatic nitrogens is 1. The van der Waals surface area contributed by atoms with Crippen molar-refractivity contribution in [3.63, 3.8) is 0 Å². The fraction of sp³-hybridized carbons (Fsp3) is 0.625. The van der Waals surface area contributed by atoms with Crippen molar-refractivity contribution >= 4 is 5.97 Å². The number of aromatic carboxylic acids is 1. The monoisotopic (exact) mass is 273 g/mol. The number of hydrogen-bond donors (Lipinski definition) is 1. The van der Waals surface area contributed by atoms with Crippen LogP contribution in [0.25, 0.3) is 0 Å². The Kier molecular flexibility index (Phi) is 2.41. The molecule has 1 N–H and O–H groups in total. The molecule has 20 heavy (non-hydrogen) atoms. The van der Waals surface area contributed by atoms with Gasteiger partial charge in [-0.1, -0.05) is 0 Å². The van der Waals surface area contributed by atoms with Crippen LogP contribution in [0, 0.1) is 23.0 Å². The molecular weight excluding hydrogens is 254 g/mol. The fourth-order valence-corrected chi connectivity index (χ4v) is 5.58. The van der Waals surface area contributed by atoms with Gasteiger partial charge in [0.2, 0.25) is 5.69 Å². The van der Waals surface area contributed by atoms with Gasteiger partial charge in [0, 0.05) is 6.07 Å². The van der Waals surface area contributed by atoms with Crippen LogP contribution in [0.4, 0.5) is 0 Å². The molecule has 0 radical (unpaired) electrons. The first-order valence-electron chi connectivity index (χ1n) is 7.53. The van der Waals surface area contributed by atoms with E-state index in [2.05, 4.69) is 0 Å². The Balaban J connectivity index is 1.87. The Morgan fingerprint density at radius 2 is 1.75 bits per heavy atom. The molecule has 4 nitrogen and oxygen atoms in total. The van der Waals surface area contributed by atoms with Crippen LogP contribution in [0.3, 0.4) is 0 Å². The maximum Gasteiger partial charge on any atom is 0.342 e. The van der Waals surface area contributed by atoms with E-state index in [1.54, 1.807) is 12.1 Å². The van der Waals surface area contributed by atoms with Gasteiger partial charge in [0.25, 0.3) is 0 Å². The average Bonchev–Trinajstić information content (AvgIpc) is 2.36. The molecule has 4 aliphatic carbocycles. The minimum absolute atomic E-state index is 0.175. The summed E-state index contributed by atoms with van der Waals surface area (Å²) in [4.78, 5) is 11.5. The summed E-state index contributed by atoms with van der Waals surface area (Å²) < 4.78 is 0.830. The number of rotatable bonds is 2. The zero-order chi connectivity index (χ0) is 13.9. The van der Waals surface area contributed by atoms with Crippen molar-refractivity contribution in [1.29, 1.82) is 0 Å². The maximum atomic E-state index is 12.3. The number of nitrogens with zero attached hydrogens (tertiary/aromatic N) is 1. The number of pyridine rings is 1. The van der Waals surface area contributed by atoms with Gasteiger partial charge in [-0.05, 0) is 62.3 Å². The lowest BCUT2D eigenvalue weighted by molar-refractivity contribution is -0.620. The molecule has 1 heterocycles. The number of carbonyl (C=O) groups is 1. The van der Waals surface area contributed by atoms with Crippen LogP contribution >= 0.6 is 0 Å². The Bertz CT molecular complexity index is 546. The van der Waals surface area contributed by atoms with Crippen molar-refractivity contribution in [2.24, 2.45) is 17.8 Å². The number of carboxylic acid groups (broad SMARTS) is 1. The summed E-state index contributed by atoms with van der Waals surface area (Å²) in [5, 5.41) is 21.8. The molecule has 1 aromatic heterocycles. The van der Waals surface area contributed by atoms with E-state index in [1.807, 2.05) is 0 Å². The van der Waals surface area contributed by atoms with Crippen molar-refractivity contribution in [1.82, 2.24) is 0 Å². The van der Waals surface area contributed by atoms with E-state index < -0.39 is 5.97 Å². The normalized spacial score (nSPS) is 38.1. The van der Waals surface area contributed by atoms with Gasteiger partial charge in [-0.15, -0.1) is 0 Å².